The Morgan fingerprint density at radius 3 is 2.52 bits per heavy atom. The van der Waals surface area contributed by atoms with Crippen LogP contribution in [0.15, 0.2) is 79.1 Å². The second-order valence-corrected chi connectivity index (χ2v) is 10.1. The first kappa shape index (κ1) is 25.5. The first-order chi connectivity index (χ1) is 19.6. The summed E-state index contributed by atoms with van der Waals surface area (Å²) in [6, 6.07) is 21.8. The lowest BCUT2D eigenvalue weighted by Gasteiger charge is -2.27. The highest BCUT2D eigenvalue weighted by molar-refractivity contribution is 5.84. The third kappa shape index (κ3) is 5.10. The molecule has 40 heavy (non-hydrogen) atoms. The molecule has 0 atom stereocenters. The molecule has 6 rings (SSSR count). The van der Waals surface area contributed by atoms with Gasteiger partial charge in [0.15, 0.2) is 11.5 Å². The Balaban J connectivity index is 1.29. The molecule has 4 heterocycles. The molecule has 0 saturated heterocycles. The Bertz CT molecular complexity index is 1630. The highest BCUT2D eigenvalue weighted by Gasteiger charge is 2.26. The number of nitrogens with two attached hydrogens (primary N) is 1. The molecule has 1 aromatic carbocycles. The van der Waals surface area contributed by atoms with Crippen LogP contribution in [0.4, 0.5) is 11.6 Å². The molecule has 0 radical (unpaired) electrons. The van der Waals surface area contributed by atoms with Gasteiger partial charge in [-0.1, -0.05) is 30.3 Å². The average Bonchev–Trinajstić information content (AvgIpc) is 3.39. The van der Waals surface area contributed by atoms with E-state index in [1.807, 2.05) is 77.5 Å². The van der Waals surface area contributed by atoms with Crippen molar-refractivity contribution in [2.45, 2.75) is 25.7 Å². The molecule has 3 N–H and O–H groups in total. The fraction of sp³-hybridized carbons (Fsp3) is 0.258. The Hall–Kier alpha value is -4.79. The largest absolute Gasteiger partial charge is 0.469 e. The molecule has 0 bridgehead atoms. The molecule has 1 aliphatic carbocycles. The van der Waals surface area contributed by atoms with Crippen molar-refractivity contribution >= 4 is 28.8 Å². The summed E-state index contributed by atoms with van der Waals surface area (Å²) in [6.07, 6.45) is 7.23. The smallest absolute Gasteiger partial charge is 0.308 e. The summed E-state index contributed by atoms with van der Waals surface area (Å²) in [5, 5.41) is 3.47. The normalized spacial score (nSPS) is 17.0. The number of carbonyl (C=O) groups is 1. The van der Waals surface area contributed by atoms with E-state index in [9.17, 15) is 4.79 Å². The van der Waals surface area contributed by atoms with Gasteiger partial charge in [0.2, 0.25) is 0 Å². The number of nitrogens with zero attached hydrogens (tertiary/aromatic N) is 5. The van der Waals surface area contributed by atoms with Gasteiger partial charge >= 0.3 is 5.97 Å². The van der Waals surface area contributed by atoms with E-state index in [2.05, 4.69) is 10.3 Å². The van der Waals surface area contributed by atoms with Crippen LogP contribution in [0.5, 0.6) is 0 Å². The van der Waals surface area contributed by atoms with E-state index < -0.39 is 0 Å². The molecule has 1 saturated carbocycles. The highest BCUT2D eigenvalue weighted by Crippen LogP contribution is 2.32. The summed E-state index contributed by atoms with van der Waals surface area (Å²) < 4.78 is 6.90. The van der Waals surface area contributed by atoms with Crippen molar-refractivity contribution in [3.05, 3.63) is 79.1 Å². The molecule has 0 aliphatic heterocycles. The molecule has 4 aromatic heterocycles. The molecule has 9 heteroatoms. The topological polar surface area (TPSA) is 121 Å². The van der Waals surface area contributed by atoms with Gasteiger partial charge in [-0.2, -0.15) is 0 Å². The van der Waals surface area contributed by atoms with E-state index in [1.54, 1.807) is 6.20 Å². The van der Waals surface area contributed by atoms with E-state index in [-0.39, 0.29) is 11.9 Å². The number of benzene rings is 1. The summed E-state index contributed by atoms with van der Waals surface area (Å²) in [4.78, 5) is 30.7. The minimum Gasteiger partial charge on any atom is -0.469 e. The van der Waals surface area contributed by atoms with E-state index in [0.29, 0.717) is 23.2 Å². The van der Waals surface area contributed by atoms with Gasteiger partial charge in [-0.25, -0.2) is 19.9 Å². The van der Waals surface area contributed by atoms with Gasteiger partial charge in [0.25, 0.3) is 0 Å². The van der Waals surface area contributed by atoms with E-state index >= 15 is 0 Å². The van der Waals surface area contributed by atoms with Crippen LogP contribution in [-0.2, 0) is 9.53 Å². The molecular formula is C31H31N7O2. The number of methoxy groups -OCH3 is 1. The van der Waals surface area contributed by atoms with Crippen LogP contribution in [0.2, 0.25) is 0 Å². The van der Waals surface area contributed by atoms with Gasteiger partial charge in [-0.3, -0.25) is 9.36 Å². The van der Waals surface area contributed by atoms with Crippen molar-refractivity contribution in [3.63, 3.8) is 0 Å². The summed E-state index contributed by atoms with van der Waals surface area (Å²) in [7, 11) is 1.46. The Morgan fingerprint density at radius 2 is 1.80 bits per heavy atom. The van der Waals surface area contributed by atoms with Crippen LogP contribution >= 0.6 is 0 Å². The maximum atomic E-state index is 11.8. The van der Waals surface area contributed by atoms with E-state index in [0.717, 1.165) is 66.1 Å². The molecule has 0 amide bonds. The number of nitrogens with one attached hydrogen (secondary N) is 1. The Morgan fingerprint density at radius 1 is 0.975 bits per heavy atom. The van der Waals surface area contributed by atoms with Crippen LogP contribution in [0.1, 0.15) is 25.7 Å². The molecule has 1 fully saturated rings. The van der Waals surface area contributed by atoms with E-state index in [1.165, 1.54) is 7.11 Å². The number of pyridine rings is 3. The van der Waals surface area contributed by atoms with Gasteiger partial charge < -0.3 is 15.8 Å². The van der Waals surface area contributed by atoms with Crippen molar-refractivity contribution in [3.8, 4) is 28.3 Å². The summed E-state index contributed by atoms with van der Waals surface area (Å²) in [5.41, 5.74) is 11.2. The molecule has 0 spiro atoms. The summed E-state index contributed by atoms with van der Waals surface area (Å²) in [6.45, 7) is 0.813. The lowest BCUT2D eigenvalue weighted by molar-refractivity contribution is -0.146. The number of aromatic nitrogens is 5. The molecule has 1 aliphatic rings. The lowest BCUT2D eigenvalue weighted by Crippen LogP contribution is -2.26. The van der Waals surface area contributed by atoms with Gasteiger partial charge in [0.05, 0.1) is 36.2 Å². The number of hydrogen-bond donors (Lipinski definition) is 2. The number of hydrogen-bond acceptors (Lipinski definition) is 8. The number of rotatable bonds is 7. The first-order valence-electron chi connectivity index (χ1n) is 13.5. The number of ether oxygens (including phenoxy) is 1. The van der Waals surface area contributed by atoms with Crippen LogP contribution in [0, 0.1) is 11.8 Å². The van der Waals surface area contributed by atoms with Crippen molar-refractivity contribution in [2.24, 2.45) is 11.8 Å². The maximum absolute atomic E-state index is 11.8. The number of imidazole rings is 1. The third-order valence-electron chi connectivity index (χ3n) is 7.61. The Labute approximate surface area is 232 Å². The second kappa shape index (κ2) is 11.1. The highest BCUT2D eigenvalue weighted by atomic mass is 16.5. The van der Waals surface area contributed by atoms with Gasteiger partial charge in [-0.05, 0) is 68.0 Å². The average molecular weight is 534 g/mol. The number of fused-ring (bicyclic) bond motifs is 1. The monoisotopic (exact) mass is 533 g/mol. The van der Waals surface area contributed by atoms with Gasteiger partial charge in [0, 0.05) is 18.3 Å². The van der Waals surface area contributed by atoms with Crippen LogP contribution in [0.25, 0.3) is 39.5 Å². The van der Waals surface area contributed by atoms with Crippen molar-refractivity contribution in [1.82, 2.24) is 24.5 Å². The van der Waals surface area contributed by atoms with Crippen LogP contribution < -0.4 is 11.1 Å². The summed E-state index contributed by atoms with van der Waals surface area (Å²) >= 11 is 0. The first-order valence-corrected chi connectivity index (χ1v) is 13.5. The number of nitrogen functional groups attached to an aromatic ring is 1. The Kier molecular flexibility index (Phi) is 7.09. The van der Waals surface area contributed by atoms with Gasteiger partial charge in [0.1, 0.15) is 17.2 Å². The SMILES string of the molecule is COC(=O)C1CCC(CNc2ccc(-n3c(-c4cccnc4N)nc4ccc(-c5ccccc5)nc43)cn2)CC1. The quantitative estimate of drug-likeness (QED) is 0.263. The van der Waals surface area contributed by atoms with Crippen LogP contribution in [0.3, 0.4) is 0 Å². The predicted molar refractivity (Wildman–Crippen MR) is 156 cm³/mol. The minimum absolute atomic E-state index is 0.0303. The fourth-order valence-corrected chi connectivity index (χ4v) is 5.40. The second-order valence-electron chi connectivity index (χ2n) is 10.1. The van der Waals surface area contributed by atoms with E-state index in [4.69, 9.17) is 25.4 Å². The van der Waals surface area contributed by atoms with Crippen molar-refractivity contribution < 1.29 is 9.53 Å². The molecule has 5 aromatic rings. The number of carbonyl (C=O) groups excluding carboxylic acids is 1. The zero-order valence-electron chi connectivity index (χ0n) is 22.3. The lowest BCUT2D eigenvalue weighted by atomic mass is 9.82. The van der Waals surface area contributed by atoms with Crippen molar-refractivity contribution in [1.29, 1.82) is 0 Å². The van der Waals surface area contributed by atoms with Crippen molar-refractivity contribution in [2.75, 3.05) is 24.7 Å². The summed E-state index contributed by atoms with van der Waals surface area (Å²) in [5.74, 6) is 2.29. The standard InChI is InChI=1S/C31H31N7O2/c1-40-31(39)22-11-9-20(10-12-22)18-34-27-16-13-23(19-35-27)38-29(24-8-5-17-33-28(24)32)37-26-15-14-25(36-30(26)38)21-6-3-2-4-7-21/h2-8,13-17,19-20,22H,9-12,18H2,1H3,(H2,32,33)(H,34,35). The fourth-order valence-electron chi connectivity index (χ4n) is 5.40. The zero-order chi connectivity index (χ0) is 27.5. The van der Waals surface area contributed by atoms with Gasteiger partial charge in [-0.15, -0.1) is 0 Å². The number of esters is 1. The minimum atomic E-state index is -0.0894. The predicted octanol–water partition coefficient (Wildman–Crippen LogP) is 5.52. The van der Waals surface area contributed by atoms with Crippen LogP contribution in [-0.4, -0.2) is 44.1 Å². The zero-order valence-corrected chi connectivity index (χ0v) is 22.3. The molecule has 9 nitrogen and oxygen atoms in total. The molecule has 202 valence electrons. The number of anilines is 2. The maximum Gasteiger partial charge on any atom is 0.308 e. The molecule has 0 unspecified atom stereocenters. The molecular weight excluding hydrogens is 502 g/mol. The third-order valence-corrected chi connectivity index (χ3v) is 7.61.